The molecule has 0 spiro atoms. The number of rotatable bonds is 4. The number of aryl methyl sites for hydroxylation is 1. The lowest BCUT2D eigenvalue weighted by atomic mass is 10.1. The number of fused-ring (bicyclic) bond motifs is 1. The fraction of sp³-hybridized carbons (Fsp3) is 0.353. The van der Waals surface area contributed by atoms with Gasteiger partial charge in [-0.2, -0.15) is 0 Å². The molecule has 2 aromatic rings. The highest BCUT2D eigenvalue weighted by atomic mass is 32.1. The van der Waals surface area contributed by atoms with Crippen molar-refractivity contribution in [3.8, 4) is 0 Å². The molecule has 1 aromatic heterocycles. The third-order valence-electron chi connectivity index (χ3n) is 4.28. The molecule has 0 radical (unpaired) electrons. The molecule has 1 heterocycles. The van der Waals surface area contributed by atoms with E-state index < -0.39 is 0 Å². The van der Waals surface area contributed by atoms with Crippen LogP contribution in [0.25, 0.3) is 0 Å². The van der Waals surface area contributed by atoms with Crippen LogP contribution in [0.4, 0.5) is 9.52 Å². The minimum absolute atomic E-state index is 0.0398. The Bertz CT molecular complexity index is 799. The van der Waals surface area contributed by atoms with E-state index in [0.717, 1.165) is 36.3 Å². The zero-order valence-electron chi connectivity index (χ0n) is 12.8. The molecule has 1 atom stereocenters. The number of anilines is 1. The SMILES string of the molecule is O=C(Nc1nc2c(s1)CC[C@H]2C(=O)NC1CC1)c1ccc(F)cc1. The molecule has 0 unspecified atom stereocenters. The van der Waals surface area contributed by atoms with Gasteiger partial charge in [-0.3, -0.25) is 14.9 Å². The van der Waals surface area contributed by atoms with Gasteiger partial charge in [0.1, 0.15) is 5.82 Å². The first kappa shape index (κ1) is 15.3. The molecule has 2 aliphatic rings. The summed E-state index contributed by atoms with van der Waals surface area (Å²) < 4.78 is 12.9. The van der Waals surface area contributed by atoms with E-state index in [9.17, 15) is 14.0 Å². The quantitative estimate of drug-likeness (QED) is 0.895. The van der Waals surface area contributed by atoms with Crippen molar-refractivity contribution in [1.29, 1.82) is 0 Å². The number of hydrogen-bond acceptors (Lipinski definition) is 4. The third-order valence-corrected chi connectivity index (χ3v) is 5.33. The number of benzene rings is 1. The Morgan fingerprint density at radius 1 is 1.17 bits per heavy atom. The van der Waals surface area contributed by atoms with Gasteiger partial charge in [0.25, 0.3) is 5.91 Å². The lowest BCUT2D eigenvalue weighted by Gasteiger charge is -2.09. The van der Waals surface area contributed by atoms with E-state index in [4.69, 9.17) is 0 Å². The van der Waals surface area contributed by atoms with Gasteiger partial charge < -0.3 is 5.32 Å². The van der Waals surface area contributed by atoms with Gasteiger partial charge in [-0.25, -0.2) is 9.37 Å². The van der Waals surface area contributed by atoms with Gasteiger partial charge in [0.15, 0.2) is 5.13 Å². The topological polar surface area (TPSA) is 71.1 Å². The van der Waals surface area contributed by atoms with E-state index in [0.29, 0.717) is 16.7 Å². The van der Waals surface area contributed by atoms with Crippen LogP contribution in [0.15, 0.2) is 24.3 Å². The van der Waals surface area contributed by atoms with Crippen molar-refractivity contribution in [2.24, 2.45) is 0 Å². The molecule has 4 rings (SSSR count). The summed E-state index contributed by atoms with van der Waals surface area (Å²) in [6.45, 7) is 0. The highest BCUT2D eigenvalue weighted by Crippen LogP contribution is 2.39. The van der Waals surface area contributed by atoms with Crippen LogP contribution in [0, 0.1) is 5.82 Å². The van der Waals surface area contributed by atoms with Crippen molar-refractivity contribution in [2.45, 2.75) is 37.6 Å². The number of halogens is 1. The van der Waals surface area contributed by atoms with Crippen molar-refractivity contribution in [2.75, 3.05) is 5.32 Å². The smallest absolute Gasteiger partial charge is 0.257 e. The Hall–Kier alpha value is -2.28. The molecule has 2 amide bonds. The van der Waals surface area contributed by atoms with Crippen LogP contribution in [0.2, 0.25) is 0 Å². The summed E-state index contributed by atoms with van der Waals surface area (Å²) in [6.07, 6.45) is 3.70. The minimum atomic E-state index is -0.385. The van der Waals surface area contributed by atoms with Crippen LogP contribution >= 0.6 is 11.3 Å². The van der Waals surface area contributed by atoms with Gasteiger partial charge in [0.2, 0.25) is 5.91 Å². The van der Waals surface area contributed by atoms with Crippen molar-refractivity contribution < 1.29 is 14.0 Å². The van der Waals surface area contributed by atoms with Crippen LogP contribution in [0.5, 0.6) is 0 Å². The Morgan fingerprint density at radius 3 is 2.62 bits per heavy atom. The van der Waals surface area contributed by atoms with E-state index in [1.165, 1.54) is 35.6 Å². The maximum atomic E-state index is 12.9. The molecule has 24 heavy (non-hydrogen) atoms. The van der Waals surface area contributed by atoms with Crippen LogP contribution in [0.1, 0.15) is 46.1 Å². The Labute approximate surface area is 142 Å². The van der Waals surface area contributed by atoms with E-state index in [-0.39, 0.29) is 23.5 Å². The molecule has 1 saturated carbocycles. The number of carbonyl (C=O) groups is 2. The van der Waals surface area contributed by atoms with Crippen molar-refractivity contribution in [3.63, 3.8) is 0 Å². The van der Waals surface area contributed by atoms with Crippen molar-refractivity contribution >= 4 is 28.3 Å². The van der Waals surface area contributed by atoms with E-state index >= 15 is 0 Å². The average molecular weight is 345 g/mol. The van der Waals surface area contributed by atoms with Crippen LogP contribution in [-0.2, 0) is 11.2 Å². The highest BCUT2D eigenvalue weighted by Gasteiger charge is 2.35. The maximum Gasteiger partial charge on any atom is 0.257 e. The van der Waals surface area contributed by atoms with Gasteiger partial charge in [-0.1, -0.05) is 0 Å². The van der Waals surface area contributed by atoms with Gasteiger partial charge in [0.05, 0.1) is 11.6 Å². The summed E-state index contributed by atoms with van der Waals surface area (Å²) in [4.78, 5) is 30.0. The fourth-order valence-corrected chi connectivity index (χ4v) is 3.87. The first-order valence-corrected chi connectivity index (χ1v) is 8.78. The summed E-state index contributed by atoms with van der Waals surface area (Å²) >= 11 is 1.41. The fourth-order valence-electron chi connectivity index (χ4n) is 2.84. The molecule has 7 heteroatoms. The summed E-state index contributed by atoms with van der Waals surface area (Å²) in [7, 11) is 0. The number of nitrogens with zero attached hydrogens (tertiary/aromatic N) is 1. The first-order valence-electron chi connectivity index (χ1n) is 7.97. The second-order valence-corrected chi connectivity index (χ2v) is 7.25. The molecular formula is C17H16FN3O2S. The van der Waals surface area contributed by atoms with Crippen LogP contribution in [0.3, 0.4) is 0 Å². The Kier molecular flexibility index (Phi) is 3.80. The van der Waals surface area contributed by atoms with Gasteiger partial charge in [0, 0.05) is 16.5 Å². The molecule has 5 nitrogen and oxygen atoms in total. The Morgan fingerprint density at radius 2 is 1.92 bits per heavy atom. The van der Waals surface area contributed by atoms with Gasteiger partial charge in [-0.15, -0.1) is 11.3 Å². The van der Waals surface area contributed by atoms with Gasteiger partial charge in [-0.05, 0) is 49.9 Å². The monoisotopic (exact) mass is 345 g/mol. The summed E-state index contributed by atoms with van der Waals surface area (Å²) in [5.74, 6) is -0.892. The predicted molar refractivity (Wildman–Crippen MR) is 88.7 cm³/mol. The lowest BCUT2D eigenvalue weighted by molar-refractivity contribution is -0.122. The lowest BCUT2D eigenvalue weighted by Crippen LogP contribution is -2.30. The number of carbonyl (C=O) groups excluding carboxylic acids is 2. The Balaban J connectivity index is 1.47. The molecule has 0 saturated heterocycles. The van der Waals surface area contributed by atoms with Crippen LogP contribution < -0.4 is 10.6 Å². The van der Waals surface area contributed by atoms with Crippen LogP contribution in [-0.4, -0.2) is 22.8 Å². The highest BCUT2D eigenvalue weighted by molar-refractivity contribution is 7.16. The van der Waals surface area contributed by atoms with E-state index in [1.54, 1.807) is 0 Å². The number of nitrogens with one attached hydrogen (secondary N) is 2. The van der Waals surface area contributed by atoms with E-state index in [1.807, 2.05) is 0 Å². The molecule has 1 fully saturated rings. The van der Waals surface area contributed by atoms with Gasteiger partial charge >= 0.3 is 0 Å². The number of hydrogen-bond donors (Lipinski definition) is 2. The minimum Gasteiger partial charge on any atom is -0.353 e. The number of aromatic nitrogens is 1. The van der Waals surface area contributed by atoms with E-state index in [2.05, 4.69) is 15.6 Å². The molecule has 0 aliphatic heterocycles. The molecule has 0 bridgehead atoms. The van der Waals surface area contributed by atoms with Crippen molar-refractivity contribution in [1.82, 2.24) is 10.3 Å². The summed E-state index contributed by atoms with van der Waals surface area (Å²) in [5, 5.41) is 6.24. The average Bonchev–Trinajstić information content (AvgIpc) is 3.14. The summed E-state index contributed by atoms with van der Waals surface area (Å²) in [5.41, 5.74) is 1.15. The van der Waals surface area contributed by atoms with Crippen molar-refractivity contribution in [3.05, 3.63) is 46.2 Å². The number of thiazole rings is 1. The molecule has 1 aromatic carbocycles. The maximum absolute atomic E-state index is 12.9. The number of amides is 2. The predicted octanol–water partition coefficient (Wildman–Crippen LogP) is 2.84. The normalized spacial score (nSPS) is 19.0. The summed E-state index contributed by atoms with van der Waals surface area (Å²) in [6, 6.07) is 5.68. The molecular weight excluding hydrogens is 329 g/mol. The largest absolute Gasteiger partial charge is 0.353 e. The second kappa shape index (κ2) is 5.98. The molecule has 2 aliphatic carbocycles. The molecule has 2 N–H and O–H groups in total. The first-order chi connectivity index (χ1) is 11.6. The second-order valence-electron chi connectivity index (χ2n) is 6.16. The zero-order valence-corrected chi connectivity index (χ0v) is 13.7. The zero-order chi connectivity index (χ0) is 16.7. The standard InChI is InChI=1S/C17H16FN3O2S/c18-10-3-1-9(2-4-10)15(22)21-17-20-14-12(7-8-13(14)24-17)16(23)19-11-5-6-11/h1-4,11-12H,5-8H2,(H,19,23)(H,20,21,22)/t12-/m1/s1. The molecule has 124 valence electrons. The third kappa shape index (κ3) is 3.03.